The summed E-state index contributed by atoms with van der Waals surface area (Å²) in [6.07, 6.45) is -4.81. The van der Waals surface area contributed by atoms with Crippen molar-refractivity contribution in [3.63, 3.8) is 0 Å². The Hall–Kier alpha value is -2.19. The Labute approximate surface area is 151 Å². The Morgan fingerprint density at radius 1 is 1.11 bits per heavy atom. The highest BCUT2D eigenvalue weighted by Gasteiger charge is 2.51. The molecule has 3 atom stereocenters. The van der Waals surface area contributed by atoms with Gasteiger partial charge in [-0.1, -0.05) is 0 Å². The molecule has 0 bridgehead atoms. The SMILES string of the molecule is CC(=O)OCC1OC(OC(C)=O)C(OS(=O)(=O)C(F)(F)F)C=C1OC(C)=O. The summed E-state index contributed by atoms with van der Waals surface area (Å²) < 4.78 is 83.2. The number of alkyl halides is 3. The Kier molecular flexibility index (Phi) is 7.33. The van der Waals surface area contributed by atoms with Crippen LogP contribution >= 0.6 is 0 Å². The number of halogens is 3. The minimum absolute atomic E-state index is 0.491. The highest BCUT2D eigenvalue weighted by atomic mass is 32.2. The van der Waals surface area contributed by atoms with Crippen molar-refractivity contribution in [3.8, 4) is 0 Å². The van der Waals surface area contributed by atoms with E-state index in [0.29, 0.717) is 6.08 Å². The van der Waals surface area contributed by atoms with Gasteiger partial charge < -0.3 is 18.9 Å². The minimum Gasteiger partial charge on any atom is -0.463 e. The number of hydrogen-bond acceptors (Lipinski definition) is 10. The maximum atomic E-state index is 12.5. The van der Waals surface area contributed by atoms with Crippen LogP contribution in [0.15, 0.2) is 11.8 Å². The zero-order valence-corrected chi connectivity index (χ0v) is 15.0. The van der Waals surface area contributed by atoms with E-state index >= 15 is 0 Å². The number of ether oxygens (including phenoxy) is 4. The Morgan fingerprint density at radius 3 is 2.15 bits per heavy atom. The number of hydrogen-bond donors (Lipinski definition) is 0. The maximum absolute atomic E-state index is 12.5. The van der Waals surface area contributed by atoms with E-state index in [4.69, 9.17) is 9.47 Å². The molecule has 10 nitrogen and oxygen atoms in total. The summed E-state index contributed by atoms with van der Waals surface area (Å²) in [4.78, 5) is 33.2. The second-order valence-corrected chi connectivity index (χ2v) is 6.59. The molecule has 0 aromatic rings. The number of carbonyl (C=O) groups excluding carboxylic acids is 3. The molecule has 1 aliphatic heterocycles. The van der Waals surface area contributed by atoms with E-state index in [9.17, 15) is 36.0 Å². The van der Waals surface area contributed by atoms with E-state index in [2.05, 4.69) is 13.7 Å². The standard InChI is InChI=1S/C13H15F3O10S/c1-6(17)22-5-11-9(23-7(2)18)4-10(12(25-11)24-8(3)19)26-27(20,21)13(14,15)16/h4,10-12H,5H2,1-3H3. The zero-order chi connectivity index (χ0) is 21.0. The van der Waals surface area contributed by atoms with Gasteiger partial charge in [0.2, 0.25) is 6.29 Å². The van der Waals surface area contributed by atoms with Crippen molar-refractivity contribution >= 4 is 28.0 Å². The lowest BCUT2D eigenvalue weighted by Gasteiger charge is -2.33. The topological polar surface area (TPSA) is 132 Å². The van der Waals surface area contributed by atoms with Crippen LogP contribution in [0.1, 0.15) is 20.8 Å². The third-order valence-corrected chi connectivity index (χ3v) is 3.76. The maximum Gasteiger partial charge on any atom is 0.523 e. The zero-order valence-electron chi connectivity index (χ0n) is 14.1. The first-order valence-electron chi connectivity index (χ1n) is 7.08. The fraction of sp³-hybridized carbons (Fsp3) is 0.615. The largest absolute Gasteiger partial charge is 0.523 e. The van der Waals surface area contributed by atoms with Crippen LogP contribution in [0.4, 0.5) is 13.2 Å². The molecule has 154 valence electrons. The molecule has 0 saturated carbocycles. The monoisotopic (exact) mass is 420 g/mol. The summed E-state index contributed by atoms with van der Waals surface area (Å²) in [6, 6.07) is 0. The lowest BCUT2D eigenvalue weighted by molar-refractivity contribution is -0.218. The molecule has 0 N–H and O–H groups in total. The Balaban J connectivity index is 3.24. The molecule has 1 heterocycles. The molecule has 0 radical (unpaired) electrons. The van der Waals surface area contributed by atoms with Gasteiger partial charge in [0, 0.05) is 20.8 Å². The summed E-state index contributed by atoms with van der Waals surface area (Å²) in [5.74, 6) is -3.22. The third kappa shape index (κ3) is 6.80. The molecule has 1 rings (SSSR count). The Bertz CT molecular complexity index is 727. The number of rotatable bonds is 6. The van der Waals surface area contributed by atoms with Gasteiger partial charge in [-0.15, -0.1) is 0 Å². The van der Waals surface area contributed by atoms with Crippen LogP contribution in [0, 0.1) is 0 Å². The summed E-state index contributed by atoms with van der Waals surface area (Å²) in [6.45, 7) is 2.31. The quantitative estimate of drug-likeness (QED) is 0.259. The average Bonchev–Trinajstić information content (AvgIpc) is 2.45. The van der Waals surface area contributed by atoms with Crippen LogP contribution in [0.3, 0.4) is 0 Å². The first kappa shape index (κ1) is 22.9. The second kappa shape index (κ2) is 8.67. The minimum atomic E-state index is -6.10. The summed E-state index contributed by atoms with van der Waals surface area (Å²) in [5.41, 5.74) is -5.77. The molecule has 0 amide bonds. The van der Waals surface area contributed by atoms with Gasteiger partial charge in [0.15, 0.2) is 12.2 Å². The van der Waals surface area contributed by atoms with Crippen molar-refractivity contribution in [1.29, 1.82) is 0 Å². The van der Waals surface area contributed by atoms with Gasteiger partial charge in [0.1, 0.15) is 12.4 Å². The van der Waals surface area contributed by atoms with Gasteiger partial charge in [-0.2, -0.15) is 21.6 Å². The van der Waals surface area contributed by atoms with E-state index < -0.39 is 64.4 Å². The summed E-state index contributed by atoms with van der Waals surface area (Å²) >= 11 is 0. The summed E-state index contributed by atoms with van der Waals surface area (Å²) in [7, 11) is -6.10. The smallest absolute Gasteiger partial charge is 0.463 e. The van der Waals surface area contributed by atoms with Gasteiger partial charge in [0.05, 0.1) is 0 Å². The van der Waals surface area contributed by atoms with Gasteiger partial charge in [-0.05, 0) is 6.08 Å². The van der Waals surface area contributed by atoms with Crippen molar-refractivity contribution in [2.45, 2.75) is 44.8 Å². The highest BCUT2D eigenvalue weighted by molar-refractivity contribution is 7.87. The van der Waals surface area contributed by atoms with Crippen molar-refractivity contribution in [2.75, 3.05) is 6.61 Å². The molecule has 14 heteroatoms. The molecule has 0 aromatic heterocycles. The molecule has 0 aromatic carbocycles. The van der Waals surface area contributed by atoms with Crippen molar-refractivity contribution < 1.29 is 59.1 Å². The summed E-state index contributed by atoms with van der Waals surface area (Å²) in [5, 5.41) is 0. The van der Waals surface area contributed by atoms with Gasteiger partial charge >= 0.3 is 33.5 Å². The predicted molar refractivity (Wildman–Crippen MR) is 76.8 cm³/mol. The van der Waals surface area contributed by atoms with Gasteiger partial charge in [0.25, 0.3) is 0 Å². The van der Waals surface area contributed by atoms with Crippen molar-refractivity contribution in [3.05, 3.63) is 11.8 Å². The highest BCUT2D eigenvalue weighted by Crippen LogP contribution is 2.31. The van der Waals surface area contributed by atoms with Crippen LogP contribution < -0.4 is 0 Å². The molecule has 27 heavy (non-hydrogen) atoms. The lowest BCUT2D eigenvalue weighted by Crippen LogP contribution is -2.46. The van der Waals surface area contributed by atoms with Crippen molar-refractivity contribution in [2.24, 2.45) is 0 Å². The first-order valence-corrected chi connectivity index (χ1v) is 8.49. The van der Waals surface area contributed by atoms with Gasteiger partial charge in [-0.3, -0.25) is 14.4 Å². The normalized spacial score (nSPS) is 23.2. The van der Waals surface area contributed by atoms with Crippen LogP contribution in [0.25, 0.3) is 0 Å². The van der Waals surface area contributed by atoms with Crippen LogP contribution in [-0.2, 0) is 47.6 Å². The van der Waals surface area contributed by atoms with Crippen LogP contribution in [0.2, 0.25) is 0 Å². The second-order valence-electron chi connectivity index (χ2n) is 5.03. The molecule has 0 saturated heterocycles. The third-order valence-electron chi connectivity index (χ3n) is 2.72. The van der Waals surface area contributed by atoms with E-state index in [-0.39, 0.29) is 0 Å². The molecular weight excluding hydrogens is 405 g/mol. The molecule has 0 fully saturated rings. The van der Waals surface area contributed by atoms with Crippen LogP contribution in [0.5, 0.6) is 0 Å². The van der Waals surface area contributed by atoms with Crippen molar-refractivity contribution in [1.82, 2.24) is 0 Å². The van der Waals surface area contributed by atoms with E-state index in [1.54, 1.807) is 0 Å². The van der Waals surface area contributed by atoms with Crippen LogP contribution in [-0.4, -0.2) is 56.9 Å². The molecule has 0 aliphatic carbocycles. The predicted octanol–water partition coefficient (Wildman–Crippen LogP) is 0.519. The molecule has 0 spiro atoms. The van der Waals surface area contributed by atoms with E-state index in [0.717, 1.165) is 20.8 Å². The molecular formula is C13H15F3O10S. The molecule has 1 aliphatic rings. The first-order chi connectivity index (χ1) is 12.2. The van der Waals surface area contributed by atoms with E-state index in [1.807, 2.05) is 0 Å². The average molecular weight is 420 g/mol. The van der Waals surface area contributed by atoms with E-state index in [1.165, 1.54) is 0 Å². The fourth-order valence-corrected chi connectivity index (χ4v) is 2.31. The molecule has 3 unspecified atom stereocenters. The number of carbonyl (C=O) groups is 3. The number of esters is 3. The van der Waals surface area contributed by atoms with Gasteiger partial charge in [-0.25, -0.2) is 4.18 Å². The lowest BCUT2D eigenvalue weighted by atomic mass is 10.1. The fourth-order valence-electron chi connectivity index (χ4n) is 1.77. The Morgan fingerprint density at radius 2 is 1.70 bits per heavy atom.